The van der Waals surface area contributed by atoms with Crippen molar-refractivity contribution in [2.75, 3.05) is 0 Å². The monoisotopic (exact) mass is 422 g/mol. The SMILES string of the molecule is Cc1cc(C)c2c(I)c(C)c(I)cc2c1. The molecule has 0 saturated heterocycles. The zero-order valence-corrected chi connectivity index (χ0v) is 13.3. The van der Waals surface area contributed by atoms with Gasteiger partial charge in [0.2, 0.25) is 0 Å². The van der Waals surface area contributed by atoms with Crippen molar-refractivity contribution in [3.8, 4) is 0 Å². The molecular formula is C13H12I2. The normalized spacial score (nSPS) is 11.0. The number of fused-ring (bicyclic) bond motifs is 1. The minimum atomic E-state index is 1.34. The van der Waals surface area contributed by atoms with Gasteiger partial charge in [0.25, 0.3) is 0 Å². The first-order chi connectivity index (χ1) is 7.00. The standard InChI is InChI=1S/C13H12I2/c1-7-4-8(2)12-10(5-7)6-11(14)9(3)13(12)15/h4-6H,1-3H3. The molecule has 0 aliphatic rings. The van der Waals surface area contributed by atoms with Crippen molar-refractivity contribution < 1.29 is 0 Å². The summed E-state index contributed by atoms with van der Waals surface area (Å²) in [6, 6.07) is 6.82. The average molecular weight is 422 g/mol. The molecule has 0 aliphatic heterocycles. The van der Waals surface area contributed by atoms with Gasteiger partial charge >= 0.3 is 0 Å². The van der Waals surface area contributed by atoms with Crippen LogP contribution < -0.4 is 0 Å². The summed E-state index contributed by atoms with van der Waals surface area (Å²) in [6.45, 7) is 6.55. The van der Waals surface area contributed by atoms with E-state index in [0.29, 0.717) is 0 Å². The van der Waals surface area contributed by atoms with Crippen LogP contribution in [0.3, 0.4) is 0 Å². The highest BCUT2D eigenvalue weighted by Gasteiger charge is 2.08. The van der Waals surface area contributed by atoms with E-state index in [0.717, 1.165) is 0 Å². The third-order valence-electron chi connectivity index (χ3n) is 2.70. The molecule has 0 fully saturated rings. The van der Waals surface area contributed by atoms with Crippen molar-refractivity contribution in [2.24, 2.45) is 0 Å². The number of halogens is 2. The van der Waals surface area contributed by atoms with E-state index in [4.69, 9.17) is 0 Å². The van der Waals surface area contributed by atoms with Crippen molar-refractivity contribution in [2.45, 2.75) is 20.8 Å². The number of aryl methyl sites for hydroxylation is 2. The Hall–Kier alpha value is 0.160. The van der Waals surface area contributed by atoms with Crippen molar-refractivity contribution in [3.05, 3.63) is 42.0 Å². The molecule has 2 aromatic carbocycles. The summed E-state index contributed by atoms with van der Waals surface area (Å²) in [5.41, 5.74) is 4.13. The van der Waals surface area contributed by atoms with Crippen molar-refractivity contribution >= 4 is 56.0 Å². The van der Waals surface area contributed by atoms with E-state index < -0.39 is 0 Å². The number of hydrogen-bond donors (Lipinski definition) is 0. The second kappa shape index (κ2) is 4.20. The summed E-state index contributed by atoms with van der Waals surface area (Å²) in [7, 11) is 0. The molecule has 0 bridgehead atoms. The Bertz CT molecular complexity index is 542. The van der Waals surface area contributed by atoms with Crippen LogP contribution in [0.4, 0.5) is 0 Å². The fourth-order valence-electron chi connectivity index (χ4n) is 1.95. The molecule has 0 saturated carbocycles. The third kappa shape index (κ3) is 2.02. The quantitative estimate of drug-likeness (QED) is 0.526. The highest BCUT2D eigenvalue weighted by molar-refractivity contribution is 14.1. The van der Waals surface area contributed by atoms with Gasteiger partial charge in [-0.2, -0.15) is 0 Å². The Balaban J connectivity index is 2.99. The molecule has 0 radical (unpaired) electrons. The molecule has 0 spiro atoms. The molecule has 0 aromatic heterocycles. The molecule has 0 heterocycles. The molecule has 78 valence electrons. The predicted octanol–water partition coefficient (Wildman–Crippen LogP) is 4.97. The Kier molecular flexibility index (Phi) is 3.26. The molecule has 0 amide bonds. The van der Waals surface area contributed by atoms with E-state index in [1.54, 1.807) is 0 Å². The smallest absolute Gasteiger partial charge is 0.0251 e. The van der Waals surface area contributed by atoms with E-state index in [1.807, 2.05) is 0 Å². The molecule has 0 aliphatic carbocycles. The lowest BCUT2D eigenvalue weighted by molar-refractivity contribution is 1.38. The van der Waals surface area contributed by atoms with E-state index in [1.165, 1.54) is 34.6 Å². The number of rotatable bonds is 0. The van der Waals surface area contributed by atoms with E-state index in [2.05, 4.69) is 84.2 Å². The Morgan fingerprint density at radius 3 is 2.27 bits per heavy atom. The first kappa shape index (κ1) is 11.6. The van der Waals surface area contributed by atoms with Crippen LogP contribution in [0.15, 0.2) is 18.2 Å². The van der Waals surface area contributed by atoms with Gasteiger partial charge in [0.1, 0.15) is 0 Å². The first-order valence-corrected chi connectivity index (χ1v) is 7.02. The average Bonchev–Trinajstić information content (AvgIpc) is 2.13. The van der Waals surface area contributed by atoms with Crippen molar-refractivity contribution in [3.63, 3.8) is 0 Å². The summed E-state index contributed by atoms with van der Waals surface area (Å²) in [5.74, 6) is 0. The van der Waals surface area contributed by atoms with Gasteiger partial charge in [0.15, 0.2) is 0 Å². The van der Waals surface area contributed by atoms with Crippen LogP contribution in [0.2, 0.25) is 0 Å². The maximum atomic E-state index is 2.46. The number of benzene rings is 2. The fraction of sp³-hybridized carbons (Fsp3) is 0.231. The van der Waals surface area contributed by atoms with Gasteiger partial charge in [0.05, 0.1) is 0 Å². The molecule has 0 nitrogen and oxygen atoms in total. The summed E-state index contributed by atoms with van der Waals surface area (Å²) in [6.07, 6.45) is 0. The number of hydrogen-bond acceptors (Lipinski definition) is 0. The Labute approximate surface area is 118 Å². The van der Waals surface area contributed by atoms with E-state index >= 15 is 0 Å². The van der Waals surface area contributed by atoms with Gasteiger partial charge in [0, 0.05) is 7.14 Å². The van der Waals surface area contributed by atoms with Crippen LogP contribution in [0.25, 0.3) is 10.8 Å². The lowest BCUT2D eigenvalue weighted by Gasteiger charge is -2.10. The maximum absolute atomic E-state index is 2.46. The Morgan fingerprint density at radius 1 is 0.933 bits per heavy atom. The van der Waals surface area contributed by atoms with Gasteiger partial charge in [-0.3, -0.25) is 0 Å². The van der Waals surface area contributed by atoms with E-state index in [9.17, 15) is 0 Å². The molecule has 0 unspecified atom stereocenters. The highest BCUT2D eigenvalue weighted by Crippen LogP contribution is 2.31. The van der Waals surface area contributed by atoms with Crippen LogP contribution in [0.1, 0.15) is 16.7 Å². The van der Waals surface area contributed by atoms with Gasteiger partial charge in [-0.1, -0.05) is 17.7 Å². The molecule has 2 heteroatoms. The van der Waals surface area contributed by atoms with Crippen LogP contribution in [-0.4, -0.2) is 0 Å². The molecule has 2 rings (SSSR count). The minimum absolute atomic E-state index is 1.34. The van der Waals surface area contributed by atoms with Crippen LogP contribution >= 0.6 is 45.2 Å². The topological polar surface area (TPSA) is 0 Å². The Morgan fingerprint density at radius 2 is 1.60 bits per heavy atom. The fourth-order valence-corrected chi connectivity index (χ4v) is 4.10. The van der Waals surface area contributed by atoms with Gasteiger partial charge in [-0.25, -0.2) is 0 Å². The summed E-state index contributed by atoms with van der Waals surface area (Å²) >= 11 is 4.88. The maximum Gasteiger partial charge on any atom is 0.0251 e. The zero-order chi connectivity index (χ0) is 11.2. The third-order valence-corrected chi connectivity index (χ3v) is 5.17. The van der Waals surface area contributed by atoms with Crippen molar-refractivity contribution in [1.82, 2.24) is 0 Å². The van der Waals surface area contributed by atoms with Crippen molar-refractivity contribution in [1.29, 1.82) is 0 Å². The van der Waals surface area contributed by atoms with Gasteiger partial charge in [-0.15, -0.1) is 0 Å². The lowest BCUT2D eigenvalue weighted by Crippen LogP contribution is -1.91. The van der Waals surface area contributed by atoms with Crippen LogP contribution in [0.5, 0.6) is 0 Å². The molecule has 2 aromatic rings. The summed E-state index contributed by atoms with van der Waals surface area (Å²) in [4.78, 5) is 0. The second-order valence-electron chi connectivity index (χ2n) is 3.98. The van der Waals surface area contributed by atoms with E-state index in [-0.39, 0.29) is 0 Å². The molecule has 0 atom stereocenters. The van der Waals surface area contributed by atoms with Gasteiger partial charge in [-0.05, 0) is 93.9 Å². The predicted molar refractivity (Wildman–Crippen MR) is 83.6 cm³/mol. The highest BCUT2D eigenvalue weighted by atomic mass is 127. The first-order valence-electron chi connectivity index (χ1n) is 4.86. The zero-order valence-electron chi connectivity index (χ0n) is 8.99. The molecule has 15 heavy (non-hydrogen) atoms. The van der Waals surface area contributed by atoms with Crippen LogP contribution in [-0.2, 0) is 0 Å². The second-order valence-corrected chi connectivity index (χ2v) is 6.22. The summed E-state index contributed by atoms with van der Waals surface area (Å²) < 4.78 is 2.75. The van der Waals surface area contributed by atoms with Gasteiger partial charge < -0.3 is 0 Å². The van der Waals surface area contributed by atoms with Crippen LogP contribution in [0, 0.1) is 27.9 Å². The minimum Gasteiger partial charge on any atom is -0.0557 e. The molecular weight excluding hydrogens is 410 g/mol. The summed E-state index contributed by atoms with van der Waals surface area (Å²) in [5, 5.41) is 2.78. The lowest BCUT2D eigenvalue weighted by atomic mass is 10.0. The largest absolute Gasteiger partial charge is 0.0557 e. The molecule has 0 N–H and O–H groups in total.